The summed E-state index contributed by atoms with van der Waals surface area (Å²) in [4.78, 5) is 27.8. The van der Waals surface area contributed by atoms with Crippen LogP contribution in [0, 0.1) is 12.8 Å². The number of amides is 2. The van der Waals surface area contributed by atoms with E-state index in [9.17, 15) is 9.59 Å². The molecule has 0 aliphatic carbocycles. The molecule has 6 nitrogen and oxygen atoms in total. The van der Waals surface area contributed by atoms with Gasteiger partial charge in [0.15, 0.2) is 0 Å². The lowest BCUT2D eigenvalue weighted by Crippen LogP contribution is -2.31. The summed E-state index contributed by atoms with van der Waals surface area (Å²) in [6.45, 7) is 6.82. The summed E-state index contributed by atoms with van der Waals surface area (Å²) >= 11 is 0. The van der Waals surface area contributed by atoms with Crippen LogP contribution < -0.4 is 10.1 Å². The van der Waals surface area contributed by atoms with E-state index in [1.165, 1.54) is 11.2 Å². The number of hydrogen-bond acceptors (Lipinski definition) is 5. The molecule has 2 amide bonds. The summed E-state index contributed by atoms with van der Waals surface area (Å²) in [5, 5.41) is 3.18. The molecule has 0 saturated heterocycles. The van der Waals surface area contributed by atoms with Crippen molar-refractivity contribution in [3.63, 3.8) is 0 Å². The molecule has 1 aromatic heterocycles. The molecule has 0 atom stereocenters. The van der Waals surface area contributed by atoms with E-state index < -0.39 is 0 Å². The summed E-state index contributed by atoms with van der Waals surface area (Å²) < 4.78 is 11.1. The van der Waals surface area contributed by atoms with Gasteiger partial charge < -0.3 is 14.5 Å². The van der Waals surface area contributed by atoms with Crippen LogP contribution in [-0.2, 0) is 16.1 Å². The molecule has 32 heavy (non-hydrogen) atoms. The van der Waals surface area contributed by atoms with Crippen LogP contribution in [0.4, 0.5) is 5.69 Å². The number of benzene rings is 2. The molecule has 0 bridgehead atoms. The number of nitrogens with one attached hydrogen (secondary N) is 1. The zero-order valence-corrected chi connectivity index (χ0v) is 18.4. The van der Waals surface area contributed by atoms with Gasteiger partial charge in [0.2, 0.25) is 0 Å². The van der Waals surface area contributed by atoms with E-state index in [1.807, 2.05) is 55.5 Å². The maximum atomic E-state index is 13.3. The van der Waals surface area contributed by atoms with E-state index in [-0.39, 0.29) is 24.1 Å². The molecule has 4 rings (SSSR count). The number of imide groups is 1. The summed E-state index contributed by atoms with van der Waals surface area (Å²) in [7, 11) is 0. The SMILES string of the molecule is Cc1cccc(NC2=C(c3ccc(OCC(C)C)cc3)C(=O)N(Cc3ccco3)C2=O)c1. The van der Waals surface area contributed by atoms with Crippen LogP contribution in [0.15, 0.2) is 77.0 Å². The smallest absolute Gasteiger partial charge is 0.278 e. The monoisotopic (exact) mass is 430 g/mol. The van der Waals surface area contributed by atoms with Crippen molar-refractivity contribution in [2.45, 2.75) is 27.3 Å². The van der Waals surface area contributed by atoms with Gasteiger partial charge in [-0.05, 0) is 60.4 Å². The number of aryl methyl sites for hydroxylation is 1. The molecule has 0 unspecified atom stereocenters. The number of hydrogen-bond donors (Lipinski definition) is 1. The molecule has 1 N–H and O–H groups in total. The predicted octanol–water partition coefficient (Wildman–Crippen LogP) is 5.02. The Hall–Kier alpha value is -3.80. The quantitative estimate of drug-likeness (QED) is 0.509. The fourth-order valence-electron chi connectivity index (χ4n) is 3.51. The Kier molecular flexibility index (Phi) is 6.12. The molecule has 2 aromatic carbocycles. The van der Waals surface area contributed by atoms with Crippen molar-refractivity contribution in [1.29, 1.82) is 0 Å². The van der Waals surface area contributed by atoms with Crippen molar-refractivity contribution < 1.29 is 18.7 Å². The third kappa shape index (κ3) is 4.59. The fraction of sp³-hybridized carbons (Fsp3) is 0.231. The summed E-state index contributed by atoms with van der Waals surface area (Å²) in [6.07, 6.45) is 1.52. The highest BCUT2D eigenvalue weighted by atomic mass is 16.5. The van der Waals surface area contributed by atoms with Crippen molar-refractivity contribution in [2.24, 2.45) is 5.92 Å². The number of anilines is 1. The highest BCUT2D eigenvalue weighted by molar-refractivity contribution is 6.36. The highest BCUT2D eigenvalue weighted by Gasteiger charge is 2.39. The summed E-state index contributed by atoms with van der Waals surface area (Å²) in [6, 6.07) is 18.4. The Morgan fingerprint density at radius 2 is 1.78 bits per heavy atom. The van der Waals surface area contributed by atoms with Crippen LogP contribution >= 0.6 is 0 Å². The first kappa shape index (κ1) is 21.4. The maximum Gasteiger partial charge on any atom is 0.278 e. The van der Waals surface area contributed by atoms with Crippen molar-refractivity contribution in [1.82, 2.24) is 4.90 Å². The van der Waals surface area contributed by atoms with Gasteiger partial charge in [-0.25, -0.2) is 0 Å². The van der Waals surface area contributed by atoms with Gasteiger partial charge >= 0.3 is 0 Å². The van der Waals surface area contributed by atoms with Gasteiger partial charge in [0.05, 0.1) is 25.0 Å². The van der Waals surface area contributed by atoms with E-state index in [2.05, 4.69) is 19.2 Å². The van der Waals surface area contributed by atoms with Crippen molar-refractivity contribution in [3.8, 4) is 5.75 Å². The number of nitrogens with zero attached hydrogens (tertiary/aromatic N) is 1. The molecule has 164 valence electrons. The molecule has 0 saturated carbocycles. The van der Waals surface area contributed by atoms with Crippen LogP contribution in [0.25, 0.3) is 5.57 Å². The zero-order valence-electron chi connectivity index (χ0n) is 18.4. The molecule has 6 heteroatoms. The van der Waals surface area contributed by atoms with Gasteiger partial charge in [0.25, 0.3) is 11.8 Å². The number of carbonyl (C=O) groups is 2. The second kappa shape index (κ2) is 9.14. The molecule has 1 aliphatic heterocycles. The number of rotatable bonds is 8. The Labute approximate surface area is 187 Å². The third-order valence-corrected chi connectivity index (χ3v) is 5.08. The second-order valence-electron chi connectivity index (χ2n) is 8.25. The predicted molar refractivity (Wildman–Crippen MR) is 123 cm³/mol. The molecule has 0 spiro atoms. The van der Waals surface area contributed by atoms with Gasteiger partial charge in [-0.15, -0.1) is 0 Å². The van der Waals surface area contributed by atoms with Crippen LogP contribution in [-0.4, -0.2) is 23.3 Å². The molecule has 0 radical (unpaired) electrons. The van der Waals surface area contributed by atoms with Gasteiger partial charge in [-0.3, -0.25) is 14.5 Å². The molecule has 1 aliphatic rings. The van der Waals surface area contributed by atoms with Gasteiger partial charge in [0, 0.05) is 5.69 Å². The van der Waals surface area contributed by atoms with E-state index >= 15 is 0 Å². The topological polar surface area (TPSA) is 71.8 Å². The molecule has 2 heterocycles. The van der Waals surface area contributed by atoms with E-state index in [0.29, 0.717) is 29.4 Å². The third-order valence-electron chi connectivity index (χ3n) is 5.08. The Bertz CT molecular complexity index is 1140. The van der Waals surface area contributed by atoms with E-state index in [4.69, 9.17) is 9.15 Å². The minimum absolute atomic E-state index is 0.0722. The van der Waals surface area contributed by atoms with Crippen LogP contribution in [0.3, 0.4) is 0 Å². The minimum Gasteiger partial charge on any atom is -0.493 e. The molecule has 0 fully saturated rings. The average molecular weight is 431 g/mol. The number of furan rings is 1. The summed E-state index contributed by atoms with van der Waals surface area (Å²) in [5.74, 6) is 0.924. The van der Waals surface area contributed by atoms with Crippen LogP contribution in [0.5, 0.6) is 5.75 Å². The summed E-state index contributed by atoms with van der Waals surface area (Å²) in [5.41, 5.74) is 3.03. The zero-order chi connectivity index (χ0) is 22.7. The van der Waals surface area contributed by atoms with Crippen molar-refractivity contribution >= 4 is 23.1 Å². The fourth-order valence-corrected chi connectivity index (χ4v) is 3.51. The molecule has 3 aromatic rings. The first-order chi connectivity index (χ1) is 15.4. The van der Waals surface area contributed by atoms with Gasteiger partial charge in [0.1, 0.15) is 17.2 Å². The molecular formula is C26H26N2O4. The van der Waals surface area contributed by atoms with E-state index in [0.717, 1.165) is 17.0 Å². The Morgan fingerprint density at radius 1 is 1.00 bits per heavy atom. The lowest BCUT2D eigenvalue weighted by Gasteiger charge is -2.13. The van der Waals surface area contributed by atoms with Crippen molar-refractivity contribution in [3.05, 3.63) is 89.5 Å². The second-order valence-corrected chi connectivity index (χ2v) is 8.25. The van der Waals surface area contributed by atoms with Crippen LogP contribution in [0.2, 0.25) is 0 Å². The van der Waals surface area contributed by atoms with E-state index in [1.54, 1.807) is 12.1 Å². The van der Waals surface area contributed by atoms with Crippen molar-refractivity contribution in [2.75, 3.05) is 11.9 Å². The first-order valence-electron chi connectivity index (χ1n) is 10.6. The standard InChI is InChI=1S/C26H26N2O4/c1-17(2)16-32-21-11-9-19(10-12-21)23-24(27-20-7-4-6-18(3)14-20)26(30)28(25(23)29)15-22-8-5-13-31-22/h4-14,17,27H,15-16H2,1-3H3. The average Bonchev–Trinajstić information content (AvgIpc) is 3.36. The van der Waals surface area contributed by atoms with Crippen LogP contribution in [0.1, 0.15) is 30.7 Å². The Balaban J connectivity index is 1.68. The largest absolute Gasteiger partial charge is 0.493 e. The lowest BCUT2D eigenvalue weighted by molar-refractivity contribution is -0.137. The minimum atomic E-state index is -0.386. The van der Waals surface area contributed by atoms with Gasteiger partial charge in [-0.2, -0.15) is 0 Å². The Morgan fingerprint density at radius 3 is 2.44 bits per heavy atom. The normalized spacial score (nSPS) is 13.9. The lowest BCUT2D eigenvalue weighted by atomic mass is 10.0. The number of carbonyl (C=O) groups excluding carboxylic acids is 2. The maximum absolute atomic E-state index is 13.3. The molecular weight excluding hydrogens is 404 g/mol. The van der Waals surface area contributed by atoms with Gasteiger partial charge in [-0.1, -0.05) is 38.1 Å². The highest BCUT2D eigenvalue weighted by Crippen LogP contribution is 2.32. The number of ether oxygens (including phenoxy) is 1. The first-order valence-corrected chi connectivity index (χ1v) is 10.6.